The van der Waals surface area contributed by atoms with Crippen LogP contribution in [0.3, 0.4) is 0 Å². The summed E-state index contributed by atoms with van der Waals surface area (Å²) < 4.78 is 16.2. The SMILES string of the molecule is Cc1ccc(C(=O)Oc2ccc(OC(=O)c3ccc(CCC4CO4)cc3)c(C)c2)cc1. The molecule has 158 valence electrons. The van der Waals surface area contributed by atoms with Gasteiger partial charge < -0.3 is 14.2 Å². The first-order valence-corrected chi connectivity index (χ1v) is 10.3. The molecule has 1 heterocycles. The van der Waals surface area contributed by atoms with E-state index in [0.717, 1.165) is 25.0 Å². The van der Waals surface area contributed by atoms with Crippen LogP contribution in [-0.4, -0.2) is 24.6 Å². The number of carbonyl (C=O) groups is 2. The summed E-state index contributed by atoms with van der Waals surface area (Å²) in [4.78, 5) is 24.8. The van der Waals surface area contributed by atoms with Crippen molar-refractivity contribution < 1.29 is 23.8 Å². The summed E-state index contributed by atoms with van der Waals surface area (Å²) >= 11 is 0. The first kappa shape index (κ1) is 20.8. The molecule has 1 aliphatic heterocycles. The number of hydrogen-bond acceptors (Lipinski definition) is 5. The number of esters is 2. The van der Waals surface area contributed by atoms with Gasteiger partial charge in [-0.2, -0.15) is 0 Å². The topological polar surface area (TPSA) is 65.1 Å². The van der Waals surface area contributed by atoms with Gasteiger partial charge in [0.05, 0.1) is 23.8 Å². The summed E-state index contributed by atoms with van der Waals surface area (Å²) in [6, 6.07) is 19.5. The minimum absolute atomic E-state index is 0.395. The number of hydrogen-bond donors (Lipinski definition) is 0. The van der Waals surface area contributed by atoms with E-state index in [1.54, 1.807) is 49.4 Å². The normalized spacial score (nSPS) is 14.7. The lowest BCUT2D eigenvalue weighted by atomic mass is 10.1. The fraction of sp³-hybridized carbons (Fsp3) is 0.231. The van der Waals surface area contributed by atoms with Gasteiger partial charge >= 0.3 is 11.9 Å². The maximum absolute atomic E-state index is 12.5. The van der Waals surface area contributed by atoms with Gasteiger partial charge in [0.15, 0.2) is 0 Å². The van der Waals surface area contributed by atoms with Gasteiger partial charge in [-0.25, -0.2) is 9.59 Å². The Balaban J connectivity index is 1.36. The van der Waals surface area contributed by atoms with Crippen LogP contribution in [-0.2, 0) is 11.2 Å². The number of carbonyl (C=O) groups excluding carboxylic acids is 2. The Bertz CT molecular complexity index is 1080. The van der Waals surface area contributed by atoms with Gasteiger partial charge in [-0.1, -0.05) is 29.8 Å². The van der Waals surface area contributed by atoms with Crippen LogP contribution in [0.4, 0.5) is 0 Å². The molecule has 1 fully saturated rings. The quantitative estimate of drug-likeness (QED) is 0.306. The average Bonchev–Trinajstić information content (AvgIpc) is 3.59. The monoisotopic (exact) mass is 416 g/mol. The maximum Gasteiger partial charge on any atom is 0.343 e. The Labute approximate surface area is 181 Å². The fourth-order valence-corrected chi connectivity index (χ4v) is 3.18. The highest BCUT2D eigenvalue weighted by atomic mass is 16.6. The highest BCUT2D eigenvalue weighted by Crippen LogP contribution is 2.25. The third-order valence-electron chi connectivity index (χ3n) is 5.19. The molecule has 5 nitrogen and oxygen atoms in total. The summed E-state index contributed by atoms with van der Waals surface area (Å²) in [5, 5.41) is 0. The summed E-state index contributed by atoms with van der Waals surface area (Å²) in [7, 11) is 0. The second-order valence-corrected chi connectivity index (χ2v) is 7.76. The zero-order valence-electron chi connectivity index (χ0n) is 17.6. The molecule has 1 atom stereocenters. The second kappa shape index (κ2) is 9.14. The lowest BCUT2D eigenvalue weighted by Crippen LogP contribution is -2.10. The van der Waals surface area contributed by atoms with E-state index in [1.807, 2.05) is 31.2 Å². The Hall–Kier alpha value is -3.44. The summed E-state index contributed by atoms with van der Waals surface area (Å²) in [6.45, 7) is 4.61. The molecule has 4 rings (SSSR count). The Morgan fingerprint density at radius 2 is 1.48 bits per heavy atom. The standard InChI is InChI=1S/C26H24O5/c1-17-3-8-20(9-4-17)25(27)30-22-13-14-24(18(2)15-22)31-26(28)21-10-5-19(6-11-21)7-12-23-16-29-23/h3-6,8-11,13-15,23H,7,12,16H2,1-2H3. The van der Waals surface area contributed by atoms with Crippen molar-refractivity contribution in [3.8, 4) is 11.5 Å². The first-order chi connectivity index (χ1) is 15.0. The van der Waals surface area contributed by atoms with Gasteiger partial charge in [0.2, 0.25) is 0 Å². The first-order valence-electron chi connectivity index (χ1n) is 10.3. The van der Waals surface area contributed by atoms with Crippen LogP contribution in [0.1, 0.15) is 43.8 Å². The molecule has 0 bridgehead atoms. The Kier molecular flexibility index (Phi) is 6.14. The van der Waals surface area contributed by atoms with E-state index in [2.05, 4.69) is 0 Å². The average molecular weight is 416 g/mol. The predicted octanol–water partition coefficient (Wildman–Crippen LogP) is 5.07. The lowest BCUT2D eigenvalue weighted by Gasteiger charge is -2.10. The fourth-order valence-electron chi connectivity index (χ4n) is 3.18. The zero-order chi connectivity index (χ0) is 21.8. The molecule has 0 spiro atoms. The van der Waals surface area contributed by atoms with Crippen molar-refractivity contribution in [3.05, 3.63) is 94.5 Å². The molecule has 1 saturated heterocycles. The highest BCUT2D eigenvalue weighted by Gasteiger charge is 2.21. The van der Waals surface area contributed by atoms with Crippen LogP contribution in [0.15, 0.2) is 66.7 Å². The van der Waals surface area contributed by atoms with Crippen molar-refractivity contribution >= 4 is 11.9 Å². The van der Waals surface area contributed by atoms with Gasteiger partial charge in [0, 0.05) is 0 Å². The van der Waals surface area contributed by atoms with Gasteiger partial charge in [0.25, 0.3) is 0 Å². The molecule has 0 N–H and O–H groups in total. The number of ether oxygens (including phenoxy) is 3. The largest absolute Gasteiger partial charge is 0.423 e. The van der Waals surface area contributed by atoms with Gasteiger partial charge in [-0.15, -0.1) is 0 Å². The van der Waals surface area contributed by atoms with Crippen LogP contribution < -0.4 is 9.47 Å². The molecule has 3 aromatic carbocycles. The molecule has 1 unspecified atom stereocenters. The Morgan fingerprint density at radius 1 is 0.871 bits per heavy atom. The van der Waals surface area contributed by atoms with E-state index in [0.29, 0.717) is 34.3 Å². The third kappa shape index (κ3) is 5.58. The number of rotatable bonds is 7. The van der Waals surface area contributed by atoms with E-state index in [1.165, 1.54) is 5.56 Å². The molecular formula is C26H24O5. The van der Waals surface area contributed by atoms with Crippen molar-refractivity contribution in [2.45, 2.75) is 32.8 Å². The second-order valence-electron chi connectivity index (χ2n) is 7.76. The van der Waals surface area contributed by atoms with Crippen LogP contribution in [0.25, 0.3) is 0 Å². The van der Waals surface area contributed by atoms with E-state index in [9.17, 15) is 9.59 Å². The molecule has 0 radical (unpaired) electrons. The van der Waals surface area contributed by atoms with E-state index in [-0.39, 0.29) is 0 Å². The molecule has 5 heteroatoms. The van der Waals surface area contributed by atoms with Crippen molar-refractivity contribution in [3.63, 3.8) is 0 Å². The maximum atomic E-state index is 12.5. The van der Waals surface area contributed by atoms with Crippen LogP contribution >= 0.6 is 0 Å². The molecule has 31 heavy (non-hydrogen) atoms. The smallest absolute Gasteiger partial charge is 0.343 e. The molecule has 0 saturated carbocycles. The predicted molar refractivity (Wildman–Crippen MR) is 117 cm³/mol. The van der Waals surface area contributed by atoms with Crippen molar-refractivity contribution in [2.75, 3.05) is 6.61 Å². The van der Waals surface area contributed by atoms with E-state index in [4.69, 9.17) is 14.2 Å². The van der Waals surface area contributed by atoms with Gasteiger partial charge in [-0.3, -0.25) is 0 Å². The molecular weight excluding hydrogens is 392 g/mol. The van der Waals surface area contributed by atoms with Crippen molar-refractivity contribution in [1.29, 1.82) is 0 Å². The number of benzene rings is 3. The van der Waals surface area contributed by atoms with Gasteiger partial charge in [0.1, 0.15) is 11.5 Å². The number of epoxide rings is 1. The molecule has 1 aliphatic rings. The van der Waals surface area contributed by atoms with E-state index >= 15 is 0 Å². The molecule has 3 aromatic rings. The molecule has 0 amide bonds. The minimum Gasteiger partial charge on any atom is -0.423 e. The Morgan fingerprint density at radius 3 is 2.10 bits per heavy atom. The minimum atomic E-state index is -0.433. The van der Waals surface area contributed by atoms with Crippen LogP contribution in [0.2, 0.25) is 0 Å². The van der Waals surface area contributed by atoms with Crippen molar-refractivity contribution in [2.24, 2.45) is 0 Å². The molecule has 0 aliphatic carbocycles. The van der Waals surface area contributed by atoms with E-state index < -0.39 is 11.9 Å². The zero-order valence-corrected chi connectivity index (χ0v) is 17.6. The molecule has 0 aromatic heterocycles. The van der Waals surface area contributed by atoms with Gasteiger partial charge in [-0.05, 0) is 80.3 Å². The summed E-state index contributed by atoms with van der Waals surface area (Å²) in [6.07, 6.45) is 2.33. The van der Waals surface area contributed by atoms with Crippen LogP contribution in [0, 0.1) is 13.8 Å². The highest BCUT2D eigenvalue weighted by molar-refractivity contribution is 5.92. The van der Waals surface area contributed by atoms with Crippen molar-refractivity contribution in [1.82, 2.24) is 0 Å². The summed E-state index contributed by atoms with van der Waals surface area (Å²) in [5.74, 6) is -0.0379. The lowest BCUT2D eigenvalue weighted by molar-refractivity contribution is 0.0718. The number of aryl methyl sites for hydroxylation is 3. The third-order valence-corrected chi connectivity index (χ3v) is 5.19. The van der Waals surface area contributed by atoms with Crippen LogP contribution in [0.5, 0.6) is 11.5 Å². The summed E-state index contributed by atoms with van der Waals surface area (Å²) in [5.41, 5.74) is 3.90.